The highest BCUT2D eigenvalue weighted by Gasteiger charge is 2.33. The molecule has 5 nitrogen and oxygen atoms in total. The molecule has 0 N–H and O–H groups in total. The van der Waals surface area contributed by atoms with Crippen LogP contribution in [0.5, 0.6) is 0 Å². The van der Waals surface area contributed by atoms with E-state index < -0.39 is 0 Å². The van der Waals surface area contributed by atoms with E-state index in [1.54, 1.807) is 11.3 Å². The molecule has 2 aromatic carbocycles. The predicted molar refractivity (Wildman–Crippen MR) is 126 cm³/mol. The average molecular weight is 433 g/mol. The summed E-state index contributed by atoms with van der Waals surface area (Å²) in [4.78, 5) is 24.9. The van der Waals surface area contributed by atoms with Crippen molar-refractivity contribution in [2.75, 3.05) is 6.54 Å². The zero-order chi connectivity index (χ0) is 21.4. The molecular weight excluding hydrogens is 404 g/mol. The number of hydrogen-bond donors (Lipinski definition) is 0. The first kappa shape index (κ1) is 20.2. The van der Waals surface area contributed by atoms with Crippen LogP contribution in [-0.2, 0) is 11.2 Å². The van der Waals surface area contributed by atoms with Gasteiger partial charge in [-0.1, -0.05) is 24.3 Å². The maximum absolute atomic E-state index is 13.2. The van der Waals surface area contributed by atoms with Crippen LogP contribution in [-0.4, -0.2) is 31.9 Å². The maximum Gasteiger partial charge on any atom is 0.223 e. The van der Waals surface area contributed by atoms with Gasteiger partial charge in [0, 0.05) is 19.0 Å². The summed E-state index contributed by atoms with van der Waals surface area (Å²) in [5, 5.41) is 1.12. The molecule has 1 fully saturated rings. The Morgan fingerprint density at radius 1 is 1.10 bits per heavy atom. The smallest absolute Gasteiger partial charge is 0.223 e. The molecule has 5 rings (SSSR count). The molecule has 1 amide bonds. The van der Waals surface area contributed by atoms with Gasteiger partial charge in [0.15, 0.2) is 0 Å². The third kappa shape index (κ3) is 3.85. The highest BCUT2D eigenvalue weighted by atomic mass is 32.1. The van der Waals surface area contributed by atoms with Gasteiger partial charge in [-0.3, -0.25) is 4.79 Å². The molecular formula is C25H28N4OS. The van der Waals surface area contributed by atoms with Crippen LogP contribution in [0, 0.1) is 0 Å². The fourth-order valence-electron chi connectivity index (χ4n) is 4.74. The number of likely N-dealkylation sites (tertiary alicyclic amines) is 1. The molecule has 1 aliphatic heterocycles. The molecule has 0 saturated carbocycles. The van der Waals surface area contributed by atoms with Crippen molar-refractivity contribution in [3.05, 3.63) is 59.4 Å². The van der Waals surface area contributed by atoms with Gasteiger partial charge in [0.25, 0.3) is 0 Å². The van der Waals surface area contributed by atoms with Gasteiger partial charge >= 0.3 is 0 Å². The minimum atomic E-state index is 0.0738. The lowest BCUT2D eigenvalue weighted by atomic mass is 10.1. The number of para-hydroxylation sites is 3. The Hall–Kier alpha value is -2.73. The number of benzene rings is 2. The molecule has 3 heterocycles. The number of carbonyl (C=O) groups is 1. The standard InChI is InChI=1S/C25H28N4OS/c1-17(2)29-20-11-5-3-9-18(20)27-25(29)21-12-8-16-28(21)24(30)15-7-14-23-26-19-10-4-6-13-22(19)31-23/h3-6,9-11,13,17,21H,7-8,12,14-16H2,1-2H3/t21-/m1/s1. The van der Waals surface area contributed by atoms with Gasteiger partial charge in [-0.15, -0.1) is 11.3 Å². The second kappa shape index (κ2) is 8.42. The van der Waals surface area contributed by atoms with E-state index in [1.165, 1.54) is 4.70 Å². The number of hydrogen-bond acceptors (Lipinski definition) is 4. The molecule has 0 bridgehead atoms. The molecule has 0 unspecified atom stereocenters. The maximum atomic E-state index is 13.2. The van der Waals surface area contributed by atoms with Crippen molar-refractivity contribution in [3.8, 4) is 0 Å². The quantitative estimate of drug-likeness (QED) is 0.380. The topological polar surface area (TPSA) is 51.0 Å². The molecule has 6 heteroatoms. The third-order valence-electron chi connectivity index (χ3n) is 6.13. The van der Waals surface area contributed by atoms with Crippen LogP contribution in [0.25, 0.3) is 21.3 Å². The molecule has 0 aliphatic carbocycles. The zero-order valence-corrected chi connectivity index (χ0v) is 18.9. The number of rotatable bonds is 6. The van der Waals surface area contributed by atoms with Gasteiger partial charge in [-0.2, -0.15) is 0 Å². The predicted octanol–water partition coefficient (Wildman–Crippen LogP) is 5.91. The van der Waals surface area contributed by atoms with E-state index in [9.17, 15) is 4.79 Å². The Morgan fingerprint density at radius 2 is 1.87 bits per heavy atom. The molecule has 2 aromatic heterocycles. The zero-order valence-electron chi connectivity index (χ0n) is 18.1. The van der Waals surface area contributed by atoms with Crippen molar-refractivity contribution in [1.29, 1.82) is 0 Å². The van der Waals surface area contributed by atoms with Crippen LogP contribution in [0.1, 0.15) is 62.4 Å². The number of carbonyl (C=O) groups excluding carboxylic acids is 1. The fourth-order valence-corrected chi connectivity index (χ4v) is 5.74. The number of nitrogens with zero attached hydrogens (tertiary/aromatic N) is 4. The SMILES string of the molecule is CC(C)n1c([C@H]2CCCN2C(=O)CCCc2nc3ccccc3s2)nc2ccccc21. The van der Waals surface area contributed by atoms with E-state index in [0.29, 0.717) is 12.5 Å². The fraction of sp³-hybridized carbons (Fsp3) is 0.400. The summed E-state index contributed by atoms with van der Waals surface area (Å²) in [6.07, 6.45) is 4.28. The first-order valence-electron chi connectivity index (χ1n) is 11.2. The summed E-state index contributed by atoms with van der Waals surface area (Å²) in [5.74, 6) is 1.28. The summed E-state index contributed by atoms with van der Waals surface area (Å²) in [6.45, 7) is 5.21. The molecule has 1 atom stereocenters. The highest BCUT2D eigenvalue weighted by molar-refractivity contribution is 7.18. The van der Waals surface area contributed by atoms with Crippen molar-refractivity contribution in [2.45, 2.75) is 58.0 Å². The van der Waals surface area contributed by atoms with Gasteiger partial charge in [-0.25, -0.2) is 9.97 Å². The van der Waals surface area contributed by atoms with E-state index in [-0.39, 0.29) is 11.9 Å². The number of aryl methyl sites for hydroxylation is 1. The summed E-state index contributed by atoms with van der Waals surface area (Å²) >= 11 is 1.74. The molecule has 1 saturated heterocycles. The van der Waals surface area contributed by atoms with Crippen LogP contribution in [0.3, 0.4) is 0 Å². The Kier molecular flexibility index (Phi) is 5.48. The normalized spacial score (nSPS) is 16.7. The van der Waals surface area contributed by atoms with Gasteiger partial charge in [0.05, 0.1) is 32.3 Å². The Morgan fingerprint density at radius 3 is 2.68 bits per heavy atom. The van der Waals surface area contributed by atoms with E-state index in [0.717, 1.165) is 59.6 Å². The Bertz CT molecular complexity index is 1190. The number of thiazole rings is 1. The van der Waals surface area contributed by atoms with Crippen molar-refractivity contribution >= 4 is 38.5 Å². The summed E-state index contributed by atoms with van der Waals surface area (Å²) in [6, 6.07) is 16.9. The molecule has 0 spiro atoms. The summed E-state index contributed by atoms with van der Waals surface area (Å²) in [7, 11) is 0. The first-order valence-corrected chi connectivity index (χ1v) is 12.0. The molecule has 1 aliphatic rings. The van der Waals surface area contributed by atoms with Crippen LogP contribution in [0.2, 0.25) is 0 Å². The van der Waals surface area contributed by atoms with E-state index in [1.807, 2.05) is 18.2 Å². The van der Waals surface area contributed by atoms with Gasteiger partial charge in [-0.05, 0) is 63.8 Å². The highest BCUT2D eigenvalue weighted by Crippen LogP contribution is 2.35. The lowest BCUT2D eigenvalue weighted by Crippen LogP contribution is -2.32. The summed E-state index contributed by atoms with van der Waals surface area (Å²) < 4.78 is 3.53. The number of amides is 1. The lowest BCUT2D eigenvalue weighted by molar-refractivity contribution is -0.132. The van der Waals surface area contributed by atoms with Crippen LogP contribution in [0.4, 0.5) is 0 Å². The van der Waals surface area contributed by atoms with Gasteiger partial charge < -0.3 is 9.47 Å². The van der Waals surface area contributed by atoms with Gasteiger partial charge in [0.2, 0.25) is 5.91 Å². The minimum Gasteiger partial charge on any atom is -0.333 e. The summed E-state index contributed by atoms with van der Waals surface area (Å²) in [5.41, 5.74) is 3.23. The monoisotopic (exact) mass is 432 g/mol. The Balaban J connectivity index is 1.30. The molecule has 160 valence electrons. The first-order chi connectivity index (χ1) is 15.1. The van der Waals surface area contributed by atoms with E-state index in [2.05, 4.69) is 53.6 Å². The van der Waals surface area contributed by atoms with Crippen LogP contribution in [0.15, 0.2) is 48.5 Å². The molecule has 4 aromatic rings. The number of aromatic nitrogens is 3. The van der Waals surface area contributed by atoms with Gasteiger partial charge in [0.1, 0.15) is 5.82 Å². The van der Waals surface area contributed by atoms with Crippen molar-refractivity contribution < 1.29 is 4.79 Å². The average Bonchev–Trinajstić information content (AvgIpc) is 3.48. The molecule has 0 radical (unpaired) electrons. The van der Waals surface area contributed by atoms with Crippen LogP contribution >= 0.6 is 11.3 Å². The largest absolute Gasteiger partial charge is 0.333 e. The minimum absolute atomic E-state index is 0.0738. The third-order valence-corrected chi connectivity index (χ3v) is 7.23. The van der Waals surface area contributed by atoms with E-state index >= 15 is 0 Å². The molecule has 31 heavy (non-hydrogen) atoms. The Labute approximate surface area is 186 Å². The van der Waals surface area contributed by atoms with Crippen LogP contribution < -0.4 is 0 Å². The van der Waals surface area contributed by atoms with Crippen molar-refractivity contribution in [3.63, 3.8) is 0 Å². The second-order valence-electron chi connectivity index (χ2n) is 8.60. The number of fused-ring (bicyclic) bond motifs is 2. The van der Waals surface area contributed by atoms with Crippen molar-refractivity contribution in [2.24, 2.45) is 0 Å². The number of imidazole rings is 1. The van der Waals surface area contributed by atoms with Crippen molar-refractivity contribution in [1.82, 2.24) is 19.4 Å². The second-order valence-corrected chi connectivity index (χ2v) is 9.71. The van der Waals surface area contributed by atoms with E-state index in [4.69, 9.17) is 9.97 Å². The lowest BCUT2D eigenvalue weighted by Gasteiger charge is -2.26.